The zero-order valence-electron chi connectivity index (χ0n) is 12.8. The number of anilines is 2. The highest BCUT2D eigenvalue weighted by molar-refractivity contribution is 7.22. The van der Waals surface area contributed by atoms with Crippen molar-refractivity contribution in [3.8, 4) is 0 Å². The molecule has 23 heavy (non-hydrogen) atoms. The molecular weight excluding hydrogens is 306 g/mol. The van der Waals surface area contributed by atoms with Crippen molar-refractivity contribution in [3.63, 3.8) is 0 Å². The van der Waals surface area contributed by atoms with E-state index >= 15 is 0 Å². The molecule has 1 aliphatic rings. The molecule has 0 unspecified atom stereocenters. The first kappa shape index (κ1) is 14.0. The summed E-state index contributed by atoms with van der Waals surface area (Å²) in [7, 11) is 0. The molecule has 0 aliphatic carbocycles. The van der Waals surface area contributed by atoms with Gasteiger partial charge in [-0.3, -0.25) is 5.43 Å². The highest BCUT2D eigenvalue weighted by Gasteiger charge is 2.27. The molecule has 2 aromatic carbocycles. The van der Waals surface area contributed by atoms with E-state index in [1.165, 1.54) is 4.70 Å². The predicted molar refractivity (Wildman–Crippen MR) is 96.5 cm³/mol. The van der Waals surface area contributed by atoms with Crippen molar-refractivity contribution >= 4 is 38.2 Å². The van der Waals surface area contributed by atoms with Crippen LogP contribution in [-0.2, 0) is 0 Å². The second-order valence-corrected chi connectivity index (χ2v) is 6.32. The van der Waals surface area contributed by atoms with Crippen LogP contribution in [0.5, 0.6) is 0 Å². The summed E-state index contributed by atoms with van der Waals surface area (Å²) in [5, 5.41) is 9.39. The second-order valence-electron chi connectivity index (χ2n) is 5.31. The van der Waals surface area contributed by atoms with Crippen LogP contribution >= 0.6 is 11.3 Å². The Hall–Kier alpha value is -2.60. The lowest BCUT2D eigenvalue weighted by molar-refractivity contribution is 0.763. The maximum Gasteiger partial charge on any atom is 0.228 e. The Morgan fingerprint density at radius 1 is 1.04 bits per heavy atom. The highest BCUT2D eigenvalue weighted by Crippen LogP contribution is 2.32. The fourth-order valence-electron chi connectivity index (χ4n) is 2.51. The molecule has 116 valence electrons. The average molecular weight is 323 g/mol. The minimum absolute atomic E-state index is 0.880. The first-order valence-corrected chi connectivity index (χ1v) is 8.52. The monoisotopic (exact) mass is 323 g/mol. The Balaban J connectivity index is 1.73. The van der Waals surface area contributed by atoms with Crippen molar-refractivity contribution < 1.29 is 0 Å². The summed E-state index contributed by atoms with van der Waals surface area (Å²) in [6.45, 7) is 2.15. The Labute approximate surface area is 138 Å². The van der Waals surface area contributed by atoms with Crippen molar-refractivity contribution in [3.05, 3.63) is 54.6 Å². The lowest BCUT2D eigenvalue weighted by Gasteiger charge is -2.25. The number of nitrogens with zero attached hydrogens (tertiary/aromatic N) is 4. The second kappa shape index (κ2) is 5.89. The highest BCUT2D eigenvalue weighted by atomic mass is 32.1. The Morgan fingerprint density at radius 2 is 1.83 bits per heavy atom. The van der Waals surface area contributed by atoms with Crippen LogP contribution in [0, 0.1) is 0 Å². The fraction of sp³-hybridized carbons (Fsp3) is 0.176. The molecule has 2 heterocycles. The number of hydrogen-bond donors (Lipinski definition) is 1. The number of nitrogens with one attached hydrogen (secondary N) is 1. The van der Waals surface area contributed by atoms with Gasteiger partial charge in [-0.05, 0) is 30.7 Å². The molecule has 0 amide bonds. The smallest absolute Gasteiger partial charge is 0.228 e. The van der Waals surface area contributed by atoms with Gasteiger partial charge in [0, 0.05) is 6.42 Å². The molecule has 5 nitrogen and oxygen atoms in total. The minimum atomic E-state index is 0.880. The van der Waals surface area contributed by atoms with E-state index in [4.69, 9.17) is 10.1 Å². The van der Waals surface area contributed by atoms with Crippen molar-refractivity contribution in [1.82, 2.24) is 10.4 Å². The molecule has 0 atom stereocenters. The summed E-state index contributed by atoms with van der Waals surface area (Å²) in [6, 6.07) is 18.3. The minimum Gasteiger partial charge on any atom is -0.260 e. The third-order valence-electron chi connectivity index (χ3n) is 3.58. The van der Waals surface area contributed by atoms with E-state index < -0.39 is 0 Å². The van der Waals surface area contributed by atoms with Gasteiger partial charge in [-0.25, -0.2) is 4.98 Å². The van der Waals surface area contributed by atoms with Gasteiger partial charge in [-0.15, -0.1) is 15.3 Å². The summed E-state index contributed by atoms with van der Waals surface area (Å²) in [4.78, 5) is 4.73. The zero-order valence-corrected chi connectivity index (χ0v) is 13.6. The summed E-state index contributed by atoms with van der Waals surface area (Å²) >= 11 is 1.65. The van der Waals surface area contributed by atoms with Gasteiger partial charge in [0.25, 0.3) is 0 Å². The van der Waals surface area contributed by atoms with Crippen LogP contribution in [0.4, 0.5) is 10.8 Å². The number of hydrogen-bond acceptors (Lipinski definition) is 6. The first-order valence-electron chi connectivity index (χ1n) is 7.70. The lowest BCUT2D eigenvalue weighted by Crippen LogP contribution is -2.44. The molecule has 0 bridgehead atoms. The van der Waals surface area contributed by atoms with Crippen LogP contribution in [0.15, 0.2) is 59.7 Å². The molecule has 1 aliphatic heterocycles. The summed E-state index contributed by atoms with van der Waals surface area (Å²) in [6.07, 6.45) is 1.95. The molecule has 0 radical (unpaired) electrons. The average Bonchev–Trinajstić information content (AvgIpc) is 3.19. The molecule has 3 aromatic rings. The number of hydrazone groups is 1. The maximum absolute atomic E-state index is 4.73. The molecule has 4 rings (SSSR count). The number of aromatic nitrogens is 1. The van der Waals surface area contributed by atoms with Gasteiger partial charge in [-0.1, -0.05) is 48.6 Å². The van der Waals surface area contributed by atoms with E-state index in [0.717, 1.165) is 35.0 Å². The van der Waals surface area contributed by atoms with Crippen molar-refractivity contribution in [2.75, 3.05) is 10.2 Å². The van der Waals surface area contributed by atoms with Crippen LogP contribution in [0.2, 0.25) is 0 Å². The lowest BCUT2D eigenvalue weighted by atomic mass is 10.3. The summed E-state index contributed by atoms with van der Waals surface area (Å²) in [5.74, 6) is 0.954. The van der Waals surface area contributed by atoms with Gasteiger partial charge in [-0.2, -0.15) is 0 Å². The van der Waals surface area contributed by atoms with E-state index in [-0.39, 0.29) is 0 Å². The number of amidine groups is 1. The number of hydrazine groups is 2. The summed E-state index contributed by atoms with van der Waals surface area (Å²) < 4.78 is 1.17. The van der Waals surface area contributed by atoms with E-state index in [9.17, 15) is 0 Å². The topological polar surface area (TPSA) is 43.8 Å². The number of para-hydroxylation sites is 2. The Bertz CT molecular complexity index is 809. The van der Waals surface area contributed by atoms with Crippen LogP contribution in [0.1, 0.15) is 19.8 Å². The van der Waals surface area contributed by atoms with Crippen LogP contribution in [0.3, 0.4) is 0 Å². The molecule has 1 aromatic heterocycles. The van der Waals surface area contributed by atoms with E-state index in [1.807, 2.05) is 58.8 Å². The Morgan fingerprint density at radius 3 is 2.61 bits per heavy atom. The molecule has 6 heteroatoms. The molecule has 0 saturated carbocycles. The van der Waals surface area contributed by atoms with Gasteiger partial charge in [0.15, 0.2) is 0 Å². The normalized spacial score (nSPS) is 14.2. The number of thiazole rings is 1. The van der Waals surface area contributed by atoms with Gasteiger partial charge >= 0.3 is 0 Å². The third kappa shape index (κ3) is 2.61. The molecule has 0 saturated heterocycles. The Kier molecular flexibility index (Phi) is 3.59. The molecule has 0 spiro atoms. The molecular formula is C17H17N5S. The van der Waals surface area contributed by atoms with Gasteiger partial charge in [0.1, 0.15) is 5.84 Å². The van der Waals surface area contributed by atoms with Crippen molar-refractivity contribution in [2.45, 2.75) is 19.8 Å². The summed E-state index contributed by atoms with van der Waals surface area (Å²) in [5.41, 5.74) is 5.39. The van der Waals surface area contributed by atoms with E-state index in [2.05, 4.69) is 18.4 Å². The van der Waals surface area contributed by atoms with E-state index in [1.54, 1.807) is 11.3 Å². The van der Waals surface area contributed by atoms with Gasteiger partial charge in [0.05, 0.1) is 15.9 Å². The van der Waals surface area contributed by atoms with Gasteiger partial charge in [0.2, 0.25) is 5.13 Å². The largest absolute Gasteiger partial charge is 0.260 e. The van der Waals surface area contributed by atoms with Crippen molar-refractivity contribution in [1.29, 1.82) is 0 Å². The predicted octanol–water partition coefficient (Wildman–Crippen LogP) is 4.16. The molecule has 1 N–H and O–H groups in total. The maximum atomic E-state index is 4.73. The van der Waals surface area contributed by atoms with E-state index in [0.29, 0.717) is 0 Å². The van der Waals surface area contributed by atoms with Crippen LogP contribution in [-0.4, -0.2) is 10.8 Å². The standard InChI is InChI=1S/C17H17N5S/c1-2-8-16-19-21(13-9-4-3-5-10-13)22(20-16)17-18-14-11-6-7-12-15(14)23-17/h3-7,9-12H,2,8H2,1H3,(H,19,20). The fourth-order valence-corrected chi connectivity index (χ4v) is 3.42. The van der Waals surface area contributed by atoms with Crippen LogP contribution < -0.4 is 15.7 Å². The SMILES string of the molecule is CCCC1=NN(c2ccccc2)N(c2nc3ccccc3s2)N1. The van der Waals surface area contributed by atoms with Crippen molar-refractivity contribution in [2.24, 2.45) is 5.10 Å². The third-order valence-corrected chi connectivity index (χ3v) is 4.59. The van der Waals surface area contributed by atoms with Gasteiger partial charge < -0.3 is 0 Å². The van der Waals surface area contributed by atoms with Crippen LogP contribution in [0.25, 0.3) is 10.2 Å². The number of rotatable bonds is 4. The first-order chi connectivity index (χ1) is 11.3. The molecule has 0 fully saturated rings. The zero-order chi connectivity index (χ0) is 15.6. The number of fused-ring (bicyclic) bond motifs is 1. The number of benzene rings is 2. The quantitative estimate of drug-likeness (QED) is 0.783.